The summed E-state index contributed by atoms with van der Waals surface area (Å²) in [6.07, 6.45) is 1.85. The van der Waals surface area contributed by atoms with Crippen molar-refractivity contribution in [2.24, 2.45) is 0 Å². The molecule has 0 aliphatic heterocycles. The van der Waals surface area contributed by atoms with E-state index in [0.29, 0.717) is 11.4 Å². The molecular formula is C62H61N3O. The van der Waals surface area contributed by atoms with Crippen molar-refractivity contribution in [2.45, 2.75) is 92.3 Å². The summed E-state index contributed by atoms with van der Waals surface area (Å²) in [5.41, 5.74) is 16.4. The number of rotatable bonds is 10. The molecule has 0 aliphatic rings. The van der Waals surface area contributed by atoms with E-state index < -0.39 is 12.7 Å². The van der Waals surface area contributed by atoms with Gasteiger partial charge < -0.3 is 5.11 Å². The smallest absolute Gasteiger partial charge is 0.149 e. The lowest BCUT2D eigenvalue weighted by Gasteiger charge is -2.21. The fraction of sp³-hybridized carbons (Fsp3) is 0.226. The topological polar surface area (TPSA) is 50.9 Å². The van der Waals surface area contributed by atoms with E-state index in [1.165, 1.54) is 5.56 Å². The van der Waals surface area contributed by atoms with Crippen LogP contribution in [0.4, 0.5) is 0 Å². The minimum atomic E-state index is -2.35. The van der Waals surface area contributed by atoms with Gasteiger partial charge in [-0.1, -0.05) is 171 Å². The van der Waals surface area contributed by atoms with Crippen LogP contribution >= 0.6 is 0 Å². The Kier molecular flexibility index (Phi) is 10.6. The highest BCUT2D eigenvalue weighted by Crippen LogP contribution is 2.45. The number of para-hydroxylation sites is 1. The van der Waals surface area contributed by atoms with Gasteiger partial charge in [0.2, 0.25) is 0 Å². The molecule has 0 saturated carbocycles. The molecule has 0 fully saturated rings. The van der Waals surface area contributed by atoms with Crippen molar-refractivity contribution in [1.82, 2.24) is 14.5 Å². The van der Waals surface area contributed by atoms with Crippen LogP contribution in [0, 0.1) is 6.85 Å². The van der Waals surface area contributed by atoms with E-state index in [4.69, 9.17) is 15.5 Å². The average molecular weight is 868 g/mol. The first-order chi connectivity index (χ1) is 33.2. The molecule has 9 rings (SSSR count). The number of aromatic hydroxyl groups is 1. The molecule has 0 amide bonds. The molecular weight excluding hydrogens is 803 g/mol. The molecule has 66 heavy (non-hydrogen) atoms. The van der Waals surface area contributed by atoms with Gasteiger partial charge in [-0.3, -0.25) is 9.55 Å². The molecule has 7 aromatic carbocycles. The fourth-order valence-corrected chi connectivity index (χ4v) is 8.99. The minimum Gasteiger partial charge on any atom is -0.507 e. The summed E-state index contributed by atoms with van der Waals surface area (Å²) in [5, 5.41) is 12.4. The quantitative estimate of drug-likeness (QED) is 0.149. The molecule has 0 atom stereocenters. The number of imidazole rings is 1. The lowest BCUT2D eigenvalue weighted by atomic mass is 9.86. The second-order valence-corrected chi connectivity index (χ2v) is 19.5. The van der Waals surface area contributed by atoms with Gasteiger partial charge in [-0.05, 0) is 140 Å². The summed E-state index contributed by atoms with van der Waals surface area (Å²) in [6, 6.07) is 53.4. The zero-order valence-corrected chi connectivity index (χ0v) is 39.5. The molecule has 1 N–H and O–H groups in total. The lowest BCUT2D eigenvalue weighted by molar-refractivity contribution is 0.466. The summed E-state index contributed by atoms with van der Waals surface area (Å²) >= 11 is 0. The third kappa shape index (κ3) is 8.61. The van der Waals surface area contributed by atoms with Crippen LogP contribution in [0.3, 0.4) is 0 Å². The summed E-state index contributed by atoms with van der Waals surface area (Å²) in [5.74, 6) is 0.220. The molecule has 9 aromatic rings. The van der Waals surface area contributed by atoms with Gasteiger partial charge in [0.25, 0.3) is 0 Å². The van der Waals surface area contributed by atoms with Crippen molar-refractivity contribution in [3.05, 3.63) is 192 Å². The molecule has 0 aliphatic carbocycles. The molecule has 0 bridgehead atoms. The van der Waals surface area contributed by atoms with Crippen molar-refractivity contribution < 1.29 is 10.6 Å². The summed E-state index contributed by atoms with van der Waals surface area (Å²) in [7, 11) is 0. The minimum absolute atomic E-state index is 0.0299. The van der Waals surface area contributed by atoms with Gasteiger partial charge in [0.15, 0.2) is 0 Å². The lowest BCUT2D eigenvalue weighted by Crippen LogP contribution is -2.10. The molecule has 2 heterocycles. The molecule has 0 unspecified atom stereocenters. The second kappa shape index (κ2) is 17.7. The van der Waals surface area contributed by atoms with Gasteiger partial charge in [0.05, 0.1) is 28.0 Å². The third-order valence-corrected chi connectivity index (χ3v) is 12.9. The summed E-state index contributed by atoms with van der Waals surface area (Å²) in [4.78, 5) is 10.5. The number of nitrogens with zero attached hydrogens (tertiary/aromatic N) is 3. The molecule has 330 valence electrons. The number of phenols is 1. The Morgan fingerprint density at radius 2 is 1.26 bits per heavy atom. The highest BCUT2D eigenvalue weighted by molar-refractivity contribution is 5.98. The Morgan fingerprint density at radius 1 is 0.561 bits per heavy atom. The number of aromatic nitrogens is 3. The Hall–Kier alpha value is -7.04. The van der Waals surface area contributed by atoms with Crippen LogP contribution < -0.4 is 0 Å². The first-order valence-electron chi connectivity index (χ1n) is 25.1. The first-order valence-corrected chi connectivity index (χ1v) is 23.1. The normalized spacial score (nSPS) is 13.2. The highest BCUT2D eigenvalue weighted by atomic mass is 16.3. The Labute approximate surface area is 397 Å². The zero-order valence-electron chi connectivity index (χ0n) is 43.5. The van der Waals surface area contributed by atoms with Crippen LogP contribution in [0.25, 0.3) is 83.9 Å². The molecule has 0 spiro atoms. The van der Waals surface area contributed by atoms with Crippen molar-refractivity contribution >= 4 is 11.0 Å². The molecule has 0 radical (unpaired) electrons. The third-order valence-electron chi connectivity index (χ3n) is 12.9. The number of pyridine rings is 1. The molecule has 4 nitrogen and oxygen atoms in total. The van der Waals surface area contributed by atoms with E-state index in [-0.39, 0.29) is 28.6 Å². The van der Waals surface area contributed by atoms with E-state index in [1.54, 1.807) is 12.1 Å². The van der Waals surface area contributed by atoms with Gasteiger partial charge in [0.1, 0.15) is 11.6 Å². The van der Waals surface area contributed by atoms with Gasteiger partial charge in [0, 0.05) is 28.4 Å². The monoisotopic (exact) mass is 868 g/mol. The maximum atomic E-state index is 12.4. The molecule has 0 saturated heterocycles. The van der Waals surface area contributed by atoms with Crippen molar-refractivity contribution in [2.75, 3.05) is 0 Å². The predicted octanol–water partition coefficient (Wildman–Crippen LogP) is 17.1. The number of hydrogen-bond acceptors (Lipinski definition) is 3. The summed E-state index contributed by atoms with van der Waals surface area (Å²) in [6.45, 7) is 16.5. The maximum absolute atomic E-state index is 12.4. The van der Waals surface area contributed by atoms with Crippen molar-refractivity contribution in [3.63, 3.8) is 0 Å². The molecule has 4 heteroatoms. The van der Waals surface area contributed by atoms with Crippen LogP contribution in [0.15, 0.2) is 164 Å². The zero-order chi connectivity index (χ0) is 49.9. The largest absolute Gasteiger partial charge is 0.507 e. The number of benzene rings is 7. The van der Waals surface area contributed by atoms with Gasteiger partial charge in [-0.25, -0.2) is 4.98 Å². The Morgan fingerprint density at radius 3 is 1.94 bits per heavy atom. The summed E-state index contributed by atoms with van der Waals surface area (Å²) < 4.78 is 36.1. The molecule has 2 aromatic heterocycles. The van der Waals surface area contributed by atoms with Crippen LogP contribution in [0.5, 0.6) is 5.75 Å². The number of aryl methyl sites for hydroxylation is 1. The predicted molar refractivity (Wildman–Crippen MR) is 279 cm³/mol. The van der Waals surface area contributed by atoms with Gasteiger partial charge in [-0.2, -0.15) is 0 Å². The van der Waals surface area contributed by atoms with Gasteiger partial charge >= 0.3 is 0 Å². The van der Waals surface area contributed by atoms with Gasteiger partial charge in [-0.15, -0.1) is 0 Å². The Bertz CT molecular complexity index is 3370. The maximum Gasteiger partial charge on any atom is 0.149 e. The van der Waals surface area contributed by atoms with Crippen LogP contribution in [-0.2, 0) is 5.41 Å². The second-order valence-electron chi connectivity index (χ2n) is 19.5. The van der Waals surface area contributed by atoms with E-state index in [1.807, 2.05) is 68.6 Å². The van der Waals surface area contributed by atoms with E-state index in [9.17, 15) is 5.11 Å². The van der Waals surface area contributed by atoms with Crippen LogP contribution in [0.1, 0.15) is 113 Å². The number of phenolic OH excluding ortho intramolecular Hbond substituents is 1. The van der Waals surface area contributed by atoms with E-state index >= 15 is 0 Å². The number of fused-ring (bicyclic) bond motifs is 1. The van der Waals surface area contributed by atoms with E-state index in [0.717, 1.165) is 89.2 Å². The van der Waals surface area contributed by atoms with Crippen molar-refractivity contribution in [1.29, 1.82) is 0 Å². The average Bonchev–Trinajstić information content (AvgIpc) is 3.72. The van der Waals surface area contributed by atoms with Crippen molar-refractivity contribution in [3.8, 4) is 78.6 Å². The van der Waals surface area contributed by atoms with Crippen LogP contribution in [0.2, 0.25) is 0 Å². The fourth-order valence-electron chi connectivity index (χ4n) is 8.99. The first kappa shape index (κ1) is 39.3. The number of hydrogen-bond donors (Lipinski definition) is 1. The SMILES string of the molecule is [2H]C([2H])([2H])c1ccc(-n2c(-c3cc(C(C)C)cc(C(C)C)c3O)nc3c(-c4cc(-c5ccccc5)cc(-c5cc(-c6ccc(C([2H])(C)C)cc6)ccn5)c4)cccc32)c(-c2ccc(C(C)(C)C)cc2)c1. The van der Waals surface area contributed by atoms with E-state index in [2.05, 4.69) is 150 Å². The standard InChI is InChI=1S/C62H61N3O/c1-38(2)42-20-22-44(23-21-42)46-29-30-63-56(37-46)50-33-48(43-15-12-11-13-16-43)32-49(34-50)52-17-14-18-58-59(52)64-61(55-36-47(39(3)4)35-53(40(5)6)60(55)66)65(58)57-28-19-41(7)31-54(57)45-24-26-51(27-25-45)62(8,9)10/h11-40,66H,1-10H3/i7D3,38D. The Balaban J connectivity index is 1.32. The van der Waals surface area contributed by atoms with Crippen LogP contribution in [-0.4, -0.2) is 19.6 Å². The highest BCUT2D eigenvalue weighted by Gasteiger charge is 2.25.